The Kier molecular flexibility index (Phi) is 5.23. The number of amides is 1. The standard InChI is InChI=1S/C18H20F2N4O/c1-13(18(25)22-14-5-6-15(19)16(20)12-14)23-8-10-24(11-9-23)17-4-2-3-7-21-17/h2-7,12-13H,8-11H2,1H3,(H,22,25)/t13-/m1/s1. The first kappa shape index (κ1) is 17.3. The number of halogens is 2. The zero-order chi connectivity index (χ0) is 17.8. The van der Waals surface area contributed by atoms with E-state index in [1.165, 1.54) is 6.07 Å². The summed E-state index contributed by atoms with van der Waals surface area (Å²) in [5.41, 5.74) is 0.253. The van der Waals surface area contributed by atoms with Crippen molar-refractivity contribution in [1.29, 1.82) is 0 Å². The Morgan fingerprint density at radius 2 is 1.88 bits per heavy atom. The van der Waals surface area contributed by atoms with Crippen LogP contribution in [-0.2, 0) is 4.79 Å². The molecule has 1 N–H and O–H groups in total. The number of aromatic nitrogens is 1. The average molecular weight is 346 g/mol. The van der Waals surface area contributed by atoms with Crippen LogP contribution in [0.5, 0.6) is 0 Å². The quantitative estimate of drug-likeness (QED) is 0.924. The van der Waals surface area contributed by atoms with Crippen LogP contribution in [0.2, 0.25) is 0 Å². The largest absolute Gasteiger partial charge is 0.354 e. The lowest BCUT2D eigenvalue weighted by atomic mass is 10.2. The van der Waals surface area contributed by atoms with Crippen molar-refractivity contribution in [2.24, 2.45) is 0 Å². The molecule has 0 aliphatic carbocycles. The molecular formula is C18H20F2N4O. The molecule has 0 spiro atoms. The SMILES string of the molecule is C[C@H](C(=O)Nc1ccc(F)c(F)c1)N1CCN(c2ccccn2)CC1. The highest BCUT2D eigenvalue weighted by atomic mass is 19.2. The van der Waals surface area contributed by atoms with Gasteiger partial charge < -0.3 is 10.2 Å². The van der Waals surface area contributed by atoms with E-state index in [1.54, 1.807) is 6.20 Å². The molecule has 3 rings (SSSR count). The van der Waals surface area contributed by atoms with Crippen LogP contribution in [0.4, 0.5) is 20.3 Å². The summed E-state index contributed by atoms with van der Waals surface area (Å²) in [7, 11) is 0. The van der Waals surface area contributed by atoms with Gasteiger partial charge in [0.05, 0.1) is 6.04 Å². The number of nitrogens with one attached hydrogen (secondary N) is 1. The maximum atomic E-state index is 13.2. The molecule has 1 aromatic heterocycles. The number of rotatable bonds is 4. The average Bonchev–Trinajstić information content (AvgIpc) is 2.65. The molecule has 2 aromatic rings. The Labute approximate surface area is 145 Å². The summed E-state index contributed by atoms with van der Waals surface area (Å²) in [6.07, 6.45) is 1.76. The number of hydrogen-bond acceptors (Lipinski definition) is 4. The molecule has 2 heterocycles. The molecule has 25 heavy (non-hydrogen) atoms. The van der Waals surface area contributed by atoms with Crippen LogP contribution in [0.3, 0.4) is 0 Å². The zero-order valence-electron chi connectivity index (χ0n) is 14.0. The van der Waals surface area contributed by atoms with Crippen LogP contribution < -0.4 is 10.2 Å². The highest BCUT2D eigenvalue weighted by molar-refractivity contribution is 5.94. The number of carbonyl (C=O) groups excluding carboxylic acids is 1. The van der Waals surface area contributed by atoms with E-state index < -0.39 is 11.6 Å². The molecule has 1 amide bonds. The second-order valence-corrected chi connectivity index (χ2v) is 6.01. The van der Waals surface area contributed by atoms with Crippen LogP contribution in [0.25, 0.3) is 0 Å². The van der Waals surface area contributed by atoms with Crippen molar-refractivity contribution in [3.8, 4) is 0 Å². The molecule has 5 nitrogen and oxygen atoms in total. The van der Waals surface area contributed by atoms with Crippen LogP contribution in [0.1, 0.15) is 6.92 Å². The van der Waals surface area contributed by atoms with E-state index in [4.69, 9.17) is 0 Å². The molecule has 7 heteroatoms. The Morgan fingerprint density at radius 3 is 2.52 bits per heavy atom. The lowest BCUT2D eigenvalue weighted by molar-refractivity contribution is -0.120. The molecule has 0 radical (unpaired) electrons. The summed E-state index contributed by atoms with van der Waals surface area (Å²) >= 11 is 0. The third kappa shape index (κ3) is 4.11. The minimum Gasteiger partial charge on any atom is -0.354 e. The van der Waals surface area contributed by atoms with E-state index in [-0.39, 0.29) is 17.6 Å². The summed E-state index contributed by atoms with van der Waals surface area (Å²) in [5.74, 6) is -1.22. The van der Waals surface area contributed by atoms with Crippen molar-refractivity contribution in [3.63, 3.8) is 0 Å². The van der Waals surface area contributed by atoms with Gasteiger partial charge >= 0.3 is 0 Å². The number of nitrogens with zero attached hydrogens (tertiary/aromatic N) is 3. The summed E-state index contributed by atoms with van der Waals surface area (Å²) in [6.45, 7) is 4.82. The van der Waals surface area contributed by atoms with Crippen LogP contribution in [0, 0.1) is 11.6 Å². The second-order valence-electron chi connectivity index (χ2n) is 6.01. The Morgan fingerprint density at radius 1 is 1.12 bits per heavy atom. The highest BCUT2D eigenvalue weighted by Crippen LogP contribution is 2.16. The minimum absolute atomic E-state index is 0.239. The third-order valence-corrected chi connectivity index (χ3v) is 4.40. The van der Waals surface area contributed by atoms with Gasteiger partial charge in [0.15, 0.2) is 11.6 Å². The first-order valence-electron chi connectivity index (χ1n) is 8.20. The summed E-state index contributed by atoms with van der Waals surface area (Å²) in [6, 6.07) is 8.77. The maximum Gasteiger partial charge on any atom is 0.241 e. The van der Waals surface area contributed by atoms with Gasteiger partial charge in [0.25, 0.3) is 0 Å². The molecule has 1 aromatic carbocycles. The van der Waals surface area contributed by atoms with Crippen molar-refractivity contribution >= 4 is 17.4 Å². The van der Waals surface area contributed by atoms with Crippen LogP contribution >= 0.6 is 0 Å². The fourth-order valence-electron chi connectivity index (χ4n) is 2.87. The predicted molar refractivity (Wildman–Crippen MR) is 92.5 cm³/mol. The number of carbonyl (C=O) groups is 1. The van der Waals surface area contributed by atoms with Crippen molar-refractivity contribution < 1.29 is 13.6 Å². The molecule has 0 unspecified atom stereocenters. The summed E-state index contributed by atoms with van der Waals surface area (Å²) in [5, 5.41) is 2.64. The first-order valence-corrected chi connectivity index (χ1v) is 8.20. The molecule has 1 saturated heterocycles. The van der Waals surface area contributed by atoms with E-state index >= 15 is 0 Å². The number of hydrogen-bond donors (Lipinski definition) is 1. The van der Waals surface area contributed by atoms with Crippen LogP contribution in [0.15, 0.2) is 42.6 Å². The first-order chi connectivity index (χ1) is 12.0. The van der Waals surface area contributed by atoms with E-state index in [0.29, 0.717) is 0 Å². The van der Waals surface area contributed by atoms with Gasteiger partial charge in [0.2, 0.25) is 5.91 Å². The number of piperazine rings is 1. The van der Waals surface area contributed by atoms with Crippen LogP contribution in [-0.4, -0.2) is 48.0 Å². The molecule has 1 fully saturated rings. The van der Waals surface area contributed by atoms with Gasteiger partial charge in [-0.05, 0) is 31.2 Å². The minimum atomic E-state index is -0.977. The molecule has 0 saturated carbocycles. The van der Waals surface area contributed by atoms with Gasteiger partial charge in [-0.2, -0.15) is 0 Å². The Hall–Kier alpha value is -2.54. The smallest absolute Gasteiger partial charge is 0.241 e. The van der Waals surface area contributed by atoms with Crippen molar-refractivity contribution in [2.45, 2.75) is 13.0 Å². The van der Waals surface area contributed by atoms with E-state index in [9.17, 15) is 13.6 Å². The summed E-state index contributed by atoms with van der Waals surface area (Å²) in [4.78, 5) is 20.9. The van der Waals surface area contributed by atoms with Gasteiger partial charge in [-0.1, -0.05) is 6.07 Å². The Bertz CT molecular complexity index is 733. The third-order valence-electron chi connectivity index (χ3n) is 4.40. The molecule has 1 aliphatic rings. The fourth-order valence-corrected chi connectivity index (χ4v) is 2.87. The highest BCUT2D eigenvalue weighted by Gasteiger charge is 2.26. The molecule has 1 aliphatic heterocycles. The molecule has 132 valence electrons. The Balaban J connectivity index is 1.55. The van der Waals surface area contributed by atoms with E-state index in [1.807, 2.05) is 25.1 Å². The molecule has 0 bridgehead atoms. The lowest BCUT2D eigenvalue weighted by Crippen LogP contribution is -2.53. The van der Waals surface area contributed by atoms with Gasteiger partial charge in [0, 0.05) is 44.1 Å². The topological polar surface area (TPSA) is 48.5 Å². The van der Waals surface area contributed by atoms with Gasteiger partial charge in [-0.25, -0.2) is 13.8 Å². The van der Waals surface area contributed by atoms with Crippen molar-refractivity contribution in [2.75, 3.05) is 36.4 Å². The normalized spacial score (nSPS) is 16.5. The zero-order valence-corrected chi connectivity index (χ0v) is 14.0. The van der Waals surface area contributed by atoms with Gasteiger partial charge in [-0.15, -0.1) is 0 Å². The van der Waals surface area contributed by atoms with Gasteiger partial charge in [0.1, 0.15) is 5.82 Å². The van der Waals surface area contributed by atoms with E-state index in [0.717, 1.165) is 44.1 Å². The van der Waals surface area contributed by atoms with Gasteiger partial charge in [-0.3, -0.25) is 9.69 Å². The monoisotopic (exact) mass is 346 g/mol. The second kappa shape index (κ2) is 7.57. The van der Waals surface area contributed by atoms with Crippen molar-refractivity contribution in [3.05, 3.63) is 54.2 Å². The lowest BCUT2D eigenvalue weighted by Gasteiger charge is -2.37. The molecule has 1 atom stereocenters. The summed E-state index contributed by atoms with van der Waals surface area (Å²) < 4.78 is 26.2. The predicted octanol–water partition coefficient (Wildman–Crippen LogP) is 2.51. The number of benzene rings is 1. The fraction of sp³-hybridized carbons (Fsp3) is 0.333. The number of anilines is 2. The number of pyridine rings is 1. The maximum absolute atomic E-state index is 13.2. The molecular weight excluding hydrogens is 326 g/mol. The van der Waals surface area contributed by atoms with Crippen molar-refractivity contribution in [1.82, 2.24) is 9.88 Å². The van der Waals surface area contributed by atoms with E-state index in [2.05, 4.69) is 20.1 Å².